The van der Waals surface area contributed by atoms with E-state index in [2.05, 4.69) is 19.1 Å². The maximum Gasteiger partial charge on any atom is 0.159 e. The van der Waals surface area contributed by atoms with Gasteiger partial charge in [0.15, 0.2) is 11.6 Å². The first-order valence-corrected chi connectivity index (χ1v) is 10.8. The molecule has 0 aliphatic carbocycles. The second-order valence-corrected chi connectivity index (χ2v) is 8.03. The number of rotatable bonds is 7. The Morgan fingerprint density at radius 2 is 1.23 bits per heavy atom. The minimum absolute atomic E-state index is 0.344. The number of aryl methyl sites for hydroxylation is 1. The van der Waals surface area contributed by atoms with Gasteiger partial charge in [-0.05, 0) is 70.1 Å². The molecule has 0 amide bonds. The summed E-state index contributed by atoms with van der Waals surface area (Å²) >= 11 is 0. The molecule has 3 heteroatoms. The van der Waals surface area contributed by atoms with Gasteiger partial charge in [0.05, 0.1) is 0 Å². The molecule has 4 rings (SSSR count). The standard InChI is InChI=1S/C28H25F3/c1-2-3-4-5-6-19-7-9-20(10-8-19)21-13-14-25(26(29)16-21)23-12-11-22-17-27(30)28(31)18-24(22)15-23/h7-18H,2-6H2,1H3. The van der Waals surface area contributed by atoms with Crippen LogP contribution in [0.15, 0.2) is 72.8 Å². The fraction of sp³-hybridized carbons (Fsp3) is 0.214. The van der Waals surface area contributed by atoms with E-state index < -0.39 is 11.6 Å². The third kappa shape index (κ3) is 4.82. The van der Waals surface area contributed by atoms with E-state index in [4.69, 9.17) is 0 Å². The van der Waals surface area contributed by atoms with Crippen LogP contribution in [0.25, 0.3) is 33.0 Å². The summed E-state index contributed by atoms with van der Waals surface area (Å²) in [5.41, 5.74) is 4.15. The summed E-state index contributed by atoms with van der Waals surface area (Å²) < 4.78 is 42.0. The third-order valence-corrected chi connectivity index (χ3v) is 5.77. The molecule has 0 radical (unpaired) electrons. The first kappa shape index (κ1) is 21.2. The van der Waals surface area contributed by atoms with Gasteiger partial charge in [-0.2, -0.15) is 0 Å². The molecule has 0 aliphatic rings. The van der Waals surface area contributed by atoms with Crippen molar-refractivity contribution < 1.29 is 13.2 Å². The van der Waals surface area contributed by atoms with Crippen LogP contribution in [0.5, 0.6) is 0 Å². The number of hydrogen-bond donors (Lipinski definition) is 0. The predicted molar refractivity (Wildman–Crippen MR) is 123 cm³/mol. The van der Waals surface area contributed by atoms with Gasteiger partial charge in [0, 0.05) is 5.56 Å². The Hall–Kier alpha value is -3.07. The molecular weight excluding hydrogens is 393 g/mol. The molecule has 0 bridgehead atoms. The van der Waals surface area contributed by atoms with E-state index in [1.165, 1.54) is 37.3 Å². The van der Waals surface area contributed by atoms with Gasteiger partial charge in [-0.3, -0.25) is 0 Å². The Morgan fingerprint density at radius 3 is 1.94 bits per heavy atom. The molecule has 0 heterocycles. The second-order valence-electron chi connectivity index (χ2n) is 8.03. The molecule has 31 heavy (non-hydrogen) atoms. The quantitative estimate of drug-likeness (QED) is 0.263. The summed E-state index contributed by atoms with van der Waals surface area (Å²) in [6.45, 7) is 2.21. The van der Waals surface area contributed by atoms with Gasteiger partial charge < -0.3 is 0 Å². The lowest BCUT2D eigenvalue weighted by molar-refractivity contribution is 0.511. The Balaban J connectivity index is 1.55. The van der Waals surface area contributed by atoms with Crippen molar-refractivity contribution in [3.05, 3.63) is 95.8 Å². The van der Waals surface area contributed by atoms with Gasteiger partial charge >= 0.3 is 0 Å². The summed E-state index contributed by atoms with van der Waals surface area (Å²) in [6.07, 6.45) is 6.02. The Bertz CT molecular complexity index is 1190. The van der Waals surface area contributed by atoms with Crippen molar-refractivity contribution in [3.63, 3.8) is 0 Å². The average molecular weight is 419 g/mol. The minimum Gasteiger partial charge on any atom is -0.206 e. The smallest absolute Gasteiger partial charge is 0.159 e. The number of benzene rings is 4. The van der Waals surface area contributed by atoms with Gasteiger partial charge in [-0.1, -0.05) is 74.7 Å². The first-order chi connectivity index (χ1) is 15.0. The van der Waals surface area contributed by atoms with Crippen LogP contribution < -0.4 is 0 Å². The van der Waals surface area contributed by atoms with Crippen LogP contribution in [-0.2, 0) is 6.42 Å². The molecule has 4 aromatic rings. The van der Waals surface area contributed by atoms with Gasteiger partial charge in [-0.25, -0.2) is 13.2 Å². The maximum atomic E-state index is 14.9. The summed E-state index contributed by atoms with van der Waals surface area (Å²) in [4.78, 5) is 0. The second kappa shape index (κ2) is 9.38. The molecule has 0 saturated heterocycles. The van der Waals surface area contributed by atoms with E-state index in [9.17, 15) is 13.2 Å². The van der Waals surface area contributed by atoms with E-state index in [1.807, 2.05) is 18.2 Å². The molecule has 0 unspecified atom stereocenters. The predicted octanol–water partition coefficient (Wildman–Crippen LogP) is 8.71. The molecule has 0 nitrogen and oxygen atoms in total. The Labute approximate surface area is 181 Å². The molecule has 0 spiro atoms. The first-order valence-electron chi connectivity index (χ1n) is 10.8. The molecule has 158 valence electrons. The molecule has 0 fully saturated rings. The van der Waals surface area contributed by atoms with E-state index >= 15 is 0 Å². The minimum atomic E-state index is -0.908. The topological polar surface area (TPSA) is 0 Å². The van der Waals surface area contributed by atoms with Gasteiger partial charge in [0.25, 0.3) is 0 Å². The van der Waals surface area contributed by atoms with E-state index in [0.29, 0.717) is 21.9 Å². The Morgan fingerprint density at radius 1 is 0.548 bits per heavy atom. The third-order valence-electron chi connectivity index (χ3n) is 5.77. The molecular formula is C28H25F3. The van der Waals surface area contributed by atoms with Gasteiger partial charge in [0.1, 0.15) is 5.82 Å². The zero-order valence-electron chi connectivity index (χ0n) is 17.6. The van der Waals surface area contributed by atoms with Crippen molar-refractivity contribution in [2.75, 3.05) is 0 Å². The highest BCUT2D eigenvalue weighted by molar-refractivity contribution is 5.88. The van der Waals surface area contributed by atoms with Crippen molar-refractivity contribution >= 4 is 10.8 Å². The van der Waals surface area contributed by atoms with Gasteiger partial charge in [0.2, 0.25) is 0 Å². The van der Waals surface area contributed by atoms with Crippen LogP contribution in [0.1, 0.15) is 38.2 Å². The highest BCUT2D eigenvalue weighted by atomic mass is 19.2. The fourth-order valence-electron chi connectivity index (χ4n) is 3.96. The lowest BCUT2D eigenvalue weighted by Crippen LogP contribution is -1.89. The number of hydrogen-bond acceptors (Lipinski definition) is 0. The van der Waals surface area contributed by atoms with Crippen molar-refractivity contribution in [2.45, 2.75) is 39.0 Å². The fourth-order valence-corrected chi connectivity index (χ4v) is 3.96. The van der Waals surface area contributed by atoms with Crippen molar-refractivity contribution in [1.29, 1.82) is 0 Å². The van der Waals surface area contributed by atoms with Crippen LogP contribution >= 0.6 is 0 Å². The summed E-state index contributed by atoms with van der Waals surface area (Å²) in [7, 11) is 0. The van der Waals surface area contributed by atoms with E-state index in [-0.39, 0.29) is 5.82 Å². The summed E-state index contributed by atoms with van der Waals surface area (Å²) in [6, 6.07) is 20.9. The van der Waals surface area contributed by atoms with E-state index in [1.54, 1.807) is 24.3 Å². The van der Waals surface area contributed by atoms with Crippen molar-refractivity contribution in [2.24, 2.45) is 0 Å². The molecule has 4 aromatic carbocycles. The van der Waals surface area contributed by atoms with Crippen LogP contribution in [-0.4, -0.2) is 0 Å². The van der Waals surface area contributed by atoms with Crippen molar-refractivity contribution in [3.8, 4) is 22.3 Å². The normalized spacial score (nSPS) is 11.2. The zero-order valence-corrected chi connectivity index (χ0v) is 17.6. The summed E-state index contributed by atoms with van der Waals surface area (Å²) in [5, 5.41) is 1.11. The largest absolute Gasteiger partial charge is 0.206 e. The average Bonchev–Trinajstić information content (AvgIpc) is 2.78. The zero-order chi connectivity index (χ0) is 21.8. The number of unbranched alkanes of at least 4 members (excludes halogenated alkanes) is 3. The molecule has 0 atom stereocenters. The summed E-state index contributed by atoms with van der Waals surface area (Å²) in [5.74, 6) is -2.14. The van der Waals surface area contributed by atoms with Crippen LogP contribution in [0.3, 0.4) is 0 Å². The molecule has 0 N–H and O–H groups in total. The van der Waals surface area contributed by atoms with Crippen LogP contribution in [0.2, 0.25) is 0 Å². The molecule has 0 aromatic heterocycles. The highest BCUT2D eigenvalue weighted by Gasteiger charge is 2.10. The van der Waals surface area contributed by atoms with E-state index in [0.717, 1.165) is 29.7 Å². The van der Waals surface area contributed by atoms with Crippen LogP contribution in [0.4, 0.5) is 13.2 Å². The van der Waals surface area contributed by atoms with Crippen molar-refractivity contribution in [1.82, 2.24) is 0 Å². The highest BCUT2D eigenvalue weighted by Crippen LogP contribution is 2.31. The molecule has 0 saturated carbocycles. The maximum absolute atomic E-state index is 14.9. The monoisotopic (exact) mass is 418 g/mol. The van der Waals surface area contributed by atoms with Crippen LogP contribution in [0, 0.1) is 17.5 Å². The lowest BCUT2D eigenvalue weighted by Gasteiger charge is -2.09. The molecule has 0 aliphatic heterocycles. The number of halogens is 3. The lowest BCUT2D eigenvalue weighted by atomic mass is 9.96. The van der Waals surface area contributed by atoms with Gasteiger partial charge in [-0.15, -0.1) is 0 Å². The Kier molecular flexibility index (Phi) is 6.41. The SMILES string of the molecule is CCCCCCc1ccc(-c2ccc(-c3ccc4cc(F)c(F)cc4c3)c(F)c2)cc1. The number of fused-ring (bicyclic) bond motifs is 1.